The van der Waals surface area contributed by atoms with E-state index in [-0.39, 0.29) is 17.1 Å². The second-order valence-electron chi connectivity index (χ2n) is 10.4. The van der Waals surface area contributed by atoms with Crippen molar-refractivity contribution in [1.82, 2.24) is 10.2 Å². The summed E-state index contributed by atoms with van der Waals surface area (Å²) in [5.41, 5.74) is 1.10. The molecule has 0 aliphatic rings. The molecule has 0 bridgehead atoms. The molecule has 7 nitrogen and oxygen atoms in total. The van der Waals surface area contributed by atoms with E-state index >= 15 is 0 Å². The highest BCUT2D eigenvalue weighted by molar-refractivity contribution is 7.92. The molecule has 0 aliphatic heterocycles. The minimum Gasteiger partial charge on any atom is -0.350 e. The molecule has 0 radical (unpaired) electrons. The summed E-state index contributed by atoms with van der Waals surface area (Å²) in [5, 5.41) is 2.84. The third-order valence-corrected chi connectivity index (χ3v) is 7.72. The largest absolute Gasteiger partial charge is 0.350 e. The van der Waals surface area contributed by atoms with Crippen LogP contribution in [0.2, 0.25) is 0 Å². The number of anilines is 1. The van der Waals surface area contributed by atoms with Crippen molar-refractivity contribution in [3.63, 3.8) is 0 Å². The van der Waals surface area contributed by atoms with E-state index in [1.165, 1.54) is 29.2 Å². The van der Waals surface area contributed by atoms with E-state index < -0.39 is 51.6 Å². The quantitative estimate of drug-likeness (QED) is 0.410. The van der Waals surface area contributed by atoms with Gasteiger partial charge in [-0.2, -0.15) is 0 Å². The lowest BCUT2D eigenvalue weighted by Gasteiger charge is -2.33. The number of rotatable bonds is 9. The first-order chi connectivity index (χ1) is 18.2. The van der Waals surface area contributed by atoms with Crippen molar-refractivity contribution in [2.24, 2.45) is 0 Å². The molecule has 0 saturated carbocycles. The second kappa shape index (κ2) is 11.9. The molecule has 0 fully saturated rings. The summed E-state index contributed by atoms with van der Waals surface area (Å²) >= 11 is 0. The molecule has 3 aromatic carbocycles. The fourth-order valence-corrected chi connectivity index (χ4v) is 5.23. The molecule has 1 N–H and O–H groups in total. The molecular weight excluding hydrogens is 524 g/mol. The maximum absolute atomic E-state index is 13.8. The van der Waals surface area contributed by atoms with Gasteiger partial charge in [-0.25, -0.2) is 17.2 Å². The summed E-state index contributed by atoms with van der Waals surface area (Å²) in [6.45, 7) is 8.11. The molecule has 0 heterocycles. The Bertz CT molecular complexity index is 1400. The lowest BCUT2D eigenvalue weighted by atomic mass is 10.1. The Labute approximate surface area is 228 Å². The number of sulfonamides is 1. The van der Waals surface area contributed by atoms with Crippen LogP contribution >= 0.6 is 0 Å². The number of benzene rings is 3. The minimum absolute atomic E-state index is 0.0593. The maximum atomic E-state index is 13.8. The number of aryl methyl sites for hydroxylation is 1. The van der Waals surface area contributed by atoms with Gasteiger partial charge in [0.25, 0.3) is 10.0 Å². The third-order valence-electron chi connectivity index (χ3n) is 5.93. The molecule has 0 spiro atoms. The van der Waals surface area contributed by atoms with E-state index in [1.807, 2.05) is 6.92 Å². The zero-order valence-electron chi connectivity index (χ0n) is 22.6. The Hall–Kier alpha value is -3.79. The van der Waals surface area contributed by atoms with Crippen LogP contribution in [0, 0.1) is 18.6 Å². The van der Waals surface area contributed by atoms with Crippen molar-refractivity contribution in [2.45, 2.75) is 57.6 Å². The van der Waals surface area contributed by atoms with E-state index in [0.717, 1.165) is 34.1 Å². The first-order valence-electron chi connectivity index (χ1n) is 12.4. The highest BCUT2D eigenvalue weighted by Gasteiger charge is 2.33. The standard InChI is InChI=1S/C29H33F2N3O4S/c1-20-6-14-25(15-7-20)34(39(37,38)26-16-12-24(31)13-17-26)19-27(35)33(18-22-8-10-23(30)11-9-22)21(2)28(36)32-29(3,4)5/h6-17,21H,18-19H2,1-5H3,(H,32,36)/t21-/m1/s1. The van der Waals surface area contributed by atoms with E-state index in [1.54, 1.807) is 52.0 Å². The van der Waals surface area contributed by atoms with Crippen molar-refractivity contribution in [1.29, 1.82) is 0 Å². The van der Waals surface area contributed by atoms with Crippen LogP contribution in [0.3, 0.4) is 0 Å². The number of amides is 2. The van der Waals surface area contributed by atoms with Gasteiger partial charge in [0.05, 0.1) is 10.6 Å². The Morgan fingerprint density at radius 1 is 0.872 bits per heavy atom. The molecule has 3 rings (SSSR count). The van der Waals surface area contributed by atoms with Crippen molar-refractivity contribution < 1.29 is 26.8 Å². The van der Waals surface area contributed by atoms with Gasteiger partial charge in [0.15, 0.2) is 0 Å². The third kappa shape index (κ3) is 7.86. The predicted octanol–water partition coefficient (Wildman–Crippen LogP) is 4.80. The molecule has 39 heavy (non-hydrogen) atoms. The van der Waals surface area contributed by atoms with Gasteiger partial charge in [0, 0.05) is 12.1 Å². The van der Waals surface area contributed by atoms with E-state index in [2.05, 4.69) is 5.32 Å². The van der Waals surface area contributed by atoms with Gasteiger partial charge in [0.1, 0.15) is 24.2 Å². The SMILES string of the molecule is Cc1ccc(N(CC(=O)N(Cc2ccc(F)cc2)[C@H](C)C(=O)NC(C)(C)C)S(=O)(=O)c2ccc(F)cc2)cc1. The number of nitrogens with zero attached hydrogens (tertiary/aromatic N) is 2. The topological polar surface area (TPSA) is 86.8 Å². The van der Waals surface area contributed by atoms with Crippen LogP contribution in [-0.4, -0.2) is 43.3 Å². The summed E-state index contributed by atoms with van der Waals surface area (Å²) in [4.78, 5) is 27.9. The summed E-state index contributed by atoms with van der Waals surface area (Å²) in [5.74, 6) is -2.13. The molecule has 1 atom stereocenters. The van der Waals surface area contributed by atoms with Gasteiger partial charge in [0.2, 0.25) is 11.8 Å². The molecule has 0 unspecified atom stereocenters. The van der Waals surface area contributed by atoms with Crippen LogP contribution in [0.4, 0.5) is 14.5 Å². The molecule has 0 aromatic heterocycles. The van der Waals surface area contributed by atoms with Crippen LogP contribution in [0.5, 0.6) is 0 Å². The second-order valence-corrected chi connectivity index (χ2v) is 12.2. The van der Waals surface area contributed by atoms with Crippen molar-refractivity contribution in [2.75, 3.05) is 10.8 Å². The number of carbonyl (C=O) groups excluding carboxylic acids is 2. The van der Waals surface area contributed by atoms with Crippen LogP contribution in [0.15, 0.2) is 77.7 Å². The predicted molar refractivity (Wildman–Crippen MR) is 146 cm³/mol. The summed E-state index contributed by atoms with van der Waals surface area (Å²) in [6, 6.07) is 15.4. The minimum atomic E-state index is -4.30. The molecular formula is C29H33F2N3O4S. The fraction of sp³-hybridized carbons (Fsp3) is 0.310. The van der Waals surface area contributed by atoms with Crippen LogP contribution in [0.1, 0.15) is 38.8 Å². The number of hydrogen-bond acceptors (Lipinski definition) is 4. The molecule has 208 valence electrons. The van der Waals surface area contributed by atoms with Gasteiger partial charge >= 0.3 is 0 Å². The van der Waals surface area contributed by atoms with Gasteiger partial charge in [-0.1, -0.05) is 29.8 Å². The van der Waals surface area contributed by atoms with Crippen LogP contribution in [0.25, 0.3) is 0 Å². The highest BCUT2D eigenvalue weighted by Crippen LogP contribution is 2.25. The molecule has 10 heteroatoms. The Morgan fingerprint density at radius 3 is 1.90 bits per heavy atom. The number of carbonyl (C=O) groups is 2. The van der Waals surface area contributed by atoms with E-state index in [0.29, 0.717) is 5.56 Å². The Balaban J connectivity index is 2.02. The summed E-state index contributed by atoms with van der Waals surface area (Å²) < 4.78 is 55.4. The van der Waals surface area contributed by atoms with Gasteiger partial charge < -0.3 is 10.2 Å². The first-order valence-corrected chi connectivity index (χ1v) is 13.8. The average molecular weight is 558 g/mol. The summed E-state index contributed by atoms with van der Waals surface area (Å²) in [7, 11) is -4.30. The molecule has 2 amide bonds. The lowest BCUT2D eigenvalue weighted by molar-refractivity contribution is -0.140. The van der Waals surface area contributed by atoms with Gasteiger partial charge in [-0.3, -0.25) is 13.9 Å². The number of hydrogen-bond donors (Lipinski definition) is 1. The summed E-state index contributed by atoms with van der Waals surface area (Å²) in [6.07, 6.45) is 0. The van der Waals surface area contributed by atoms with Crippen molar-refractivity contribution in [3.8, 4) is 0 Å². The Morgan fingerprint density at radius 2 is 1.38 bits per heavy atom. The zero-order valence-corrected chi connectivity index (χ0v) is 23.4. The van der Waals surface area contributed by atoms with Gasteiger partial charge in [-0.05, 0) is 88.7 Å². The van der Waals surface area contributed by atoms with Crippen molar-refractivity contribution in [3.05, 3.63) is 95.6 Å². The Kier molecular flexibility index (Phi) is 9.11. The first kappa shape index (κ1) is 29.8. The smallest absolute Gasteiger partial charge is 0.264 e. The van der Waals surface area contributed by atoms with Crippen molar-refractivity contribution >= 4 is 27.5 Å². The zero-order chi connectivity index (χ0) is 29.0. The molecule has 0 aliphatic carbocycles. The average Bonchev–Trinajstić information content (AvgIpc) is 2.86. The maximum Gasteiger partial charge on any atom is 0.264 e. The molecule has 0 saturated heterocycles. The highest BCUT2D eigenvalue weighted by atomic mass is 32.2. The van der Waals surface area contributed by atoms with E-state index in [9.17, 15) is 26.8 Å². The monoisotopic (exact) mass is 557 g/mol. The van der Waals surface area contributed by atoms with Crippen LogP contribution < -0.4 is 9.62 Å². The molecule has 3 aromatic rings. The van der Waals surface area contributed by atoms with Gasteiger partial charge in [-0.15, -0.1) is 0 Å². The normalized spacial score (nSPS) is 12.5. The number of nitrogens with one attached hydrogen (secondary N) is 1. The lowest BCUT2D eigenvalue weighted by Crippen LogP contribution is -2.54. The van der Waals surface area contributed by atoms with Crippen LogP contribution in [-0.2, 0) is 26.2 Å². The van der Waals surface area contributed by atoms with E-state index in [4.69, 9.17) is 0 Å². The fourth-order valence-electron chi connectivity index (χ4n) is 3.82. The number of halogens is 2.